The molecule has 31 heavy (non-hydrogen) atoms. The van der Waals surface area contributed by atoms with Crippen LogP contribution in [-0.2, 0) is 16.2 Å². The highest BCUT2D eigenvalue weighted by molar-refractivity contribution is 6.30. The zero-order valence-electron chi connectivity index (χ0n) is 17.4. The topological polar surface area (TPSA) is 58.6 Å². The smallest absolute Gasteiger partial charge is 0.226 e. The molecule has 0 bridgehead atoms. The average molecular weight is 437 g/mol. The third-order valence-electron chi connectivity index (χ3n) is 4.77. The maximum atomic E-state index is 12.3. The van der Waals surface area contributed by atoms with Crippen molar-refractivity contribution < 1.29 is 14.3 Å². The summed E-state index contributed by atoms with van der Waals surface area (Å²) in [5.41, 5.74) is 2.56. The first-order chi connectivity index (χ1) is 15.0. The molecule has 0 atom stereocenters. The van der Waals surface area contributed by atoms with Gasteiger partial charge in [-0.05, 0) is 60.5 Å². The molecule has 3 aromatic carbocycles. The van der Waals surface area contributed by atoms with Gasteiger partial charge in [0.05, 0.1) is 0 Å². The van der Waals surface area contributed by atoms with E-state index in [9.17, 15) is 9.59 Å². The summed E-state index contributed by atoms with van der Waals surface area (Å²) < 4.78 is 5.74. The van der Waals surface area contributed by atoms with Crippen molar-refractivity contribution >= 4 is 34.8 Å². The standard InChI is InChI=1S/C25H25ClN2O3/c1-28(22-6-3-2-4-7-22)25(30)9-5-8-24(29)27-21-14-16-23(17-15-21)31-18-19-10-12-20(26)13-11-19/h2-4,6-7,10-17H,5,8-9,18H2,1H3,(H,27,29). The fourth-order valence-corrected chi connectivity index (χ4v) is 3.09. The van der Waals surface area contributed by atoms with Crippen LogP contribution >= 0.6 is 11.6 Å². The zero-order valence-corrected chi connectivity index (χ0v) is 18.1. The SMILES string of the molecule is CN(C(=O)CCCC(=O)Nc1ccc(OCc2ccc(Cl)cc2)cc1)c1ccccc1. The average Bonchev–Trinajstić information content (AvgIpc) is 2.79. The molecule has 0 saturated heterocycles. The first kappa shape index (κ1) is 22.4. The van der Waals surface area contributed by atoms with Crippen LogP contribution in [-0.4, -0.2) is 18.9 Å². The molecule has 0 fully saturated rings. The van der Waals surface area contributed by atoms with Crippen LogP contribution in [0.1, 0.15) is 24.8 Å². The van der Waals surface area contributed by atoms with Gasteiger partial charge in [0.25, 0.3) is 0 Å². The maximum absolute atomic E-state index is 12.3. The quantitative estimate of drug-likeness (QED) is 0.468. The number of carbonyl (C=O) groups excluding carboxylic acids is 2. The van der Waals surface area contributed by atoms with E-state index < -0.39 is 0 Å². The first-order valence-corrected chi connectivity index (χ1v) is 10.5. The molecule has 0 aliphatic carbocycles. The van der Waals surface area contributed by atoms with Gasteiger partial charge in [-0.1, -0.05) is 41.9 Å². The Hall–Kier alpha value is -3.31. The number of anilines is 2. The molecule has 0 saturated carbocycles. The lowest BCUT2D eigenvalue weighted by atomic mass is 10.2. The predicted octanol–water partition coefficient (Wildman–Crippen LogP) is 5.69. The highest BCUT2D eigenvalue weighted by Gasteiger charge is 2.11. The largest absolute Gasteiger partial charge is 0.489 e. The van der Waals surface area contributed by atoms with E-state index in [1.54, 1.807) is 24.1 Å². The number of hydrogen-bond donors (Lipinski definition) is 1. The second-order valence-corrected chi connectivity index (χ2v) is 7.57. The number of carbonyl (C=O) groups is 2. The molecular weight excluding hydrogens is 412 g/mol. The molecule has 0 radical (unpaired) electrons. The van der Waals surface area contributed by atoms with Crippen molar-refractivity contribution in [3.63, 3.8) is 0 Å². The van der Waals surface area contributed by atoms with E-state index in [1.807, 2.05) is 66.7 Å². The Morgan fingerprint density at radius 1 is 0.903 bits per heavy atom. The van der Waals surface area contributed by atoms with E-state index in [1.165, 1.54) is 0 Å². The molecule has 0 unspecified atom stereocenters. The van der Waals surface area contributed by atoms with Crippen molar-refractivity contribution in [2.75, 3.05) is 17.3 Å². The number of hydrogen-bond acceptors (Lipinski definition) is 3. The van der Waals surface area contributed by atoms with Gasteiger partial charge in [-0.2, -0.15) is 0 Å². The Labute approximate surface area is 187 Å². The summed E-state index contributed by atoms with van der Waals surface area (Å²) in [6, 6.07) is 24.1. The summed E-state index contributed by atoms with van der Waals surface area (Å²) in [6.45, 7) is 0.439. The number of halogens is 1. The maximum Gasteiger partial charge on any atom is 0.226 e. The molecule has 1 N–H and O–H groups in total. The molecule has 0 aromatic heterocycles. The minimum atomic E-state index is -0.120. The highest BCUT2D eigenvalue weighted by Crippen LogP contribution is 2.19. The third-order valence-corrected chi connectivity index (χ3v) is 5.02. The van der Waals surface area contributed by atoms with Gasteiger partial charge in [-0.3, -0.25) is 9.59 Å². The van der Waals surface area contributed by atoms with E-state index in [0.29, 0.717) is 35.9 Å². The fourth-order valence-electron chi connectivity index (χ4n) is 2.97. The number of amides is 2. The van der Waals surface area contributed by atoms with Gasteiger partial charge in [0, 0.05) is 36.3 Å². The summed E-state index contributed by atoms with van der Waals surface area (Å²) in [4.78, 5) is 26.1. The molecule has 0 aliphatic heterocycles. The van der Waals surface area contributed by atoms with Crippen molar-refractivity contribution in [3.8, 4) is 5.75 Å². The van der Waals surface area contributed by atoms with Gasteiger partial charge in [0.15, 0.2) is 0 Å². The Morgan fingerprint density at radius 2 is 1.58 bits per heavy atom. The second kappa shape index (κ2) is 11.2. The van der Waals surface area contributed by atoms with Crippen molar-refractivity contribution in [2.24, 2.45) is 0 Å². The van der Waals surface area contributed by atoms with Gasteiger partial charge < -0.3 is 15.0 Å². The highest BCUT2D eigenvalue weighted by atomic mass is 35.5. The van der Waals surface area contributed by atoms with Gasteiger partial charge in [0.1, 0.15) is 12.4 Å². The van der Waals surface area contributed by atoms with Crippen LogP contribution in [0, 0.1) is 0 Å². The number of rotatable bonds is 9. The Balaban J connectivity index is 1.39. The number of nitrogens with zero attached hydrogens (tertiary/aromatic N) is 1. The van der Waals surface area contributed by atoms with Crippen LogP contribution in [0.15, 0.2) is 78.9 Å². The van der Waals surface area contributed by atoms with Gasteiger partial charge in [-0.25, -0.2) is 0 Å². The molecular formula is C25H25ClN2O3. The zero-order chi connectivity index (χ0) is 22.1. The lowest BCUT2D eigenvalue weighted by Crippen LogP contribution is -2.26. The van der Waals surface area contributed by atoms with Gasteiger partial charge in [0.2, 0.25) is 11.8 Å². The Kier molecular flexibility index (Phi) is 8.07. The van der Waals surface area contributed by atoms with Crippen LogP contribution in [0.5, 0.6) is 5.75 Å². The molecule has 3 aromatic rings. The first-order valence-electron chi connectivity index (χ1n) is 10.1. The van der Waals surface area contributed by atoms with E-state index in [-0.39, 0.29) is 18.2 Å². The molecule has 0 aliphatic rings. The van der Waals surface area contributed by atoms with E-state index in [4.69, 9.17) is 16.3 Å². The molecule has 0 spiro atoms. The number of ether oxygens (including phenoxy) is 1. The molecule has 160 valence electrons. The van der Waals surface area contributed by atoms with Crippen LogP contribution in [0.3, 0.4) is 0 Å². The van der Waals surface area contributed by atoms with Crippen molar-refractivity contribution in [3.05, 3.63) is 89.4 Å². The number of nitrogens with one attached hydrogen (secondary N) is 1. The summed E-state index contributed by atoms with van der Waals surface area (Å²) in [5, 5.41) is 3.54. The number of para-hydroxylation sites is 1. The minimum Gasteiger partial charge on any atom is -0.489 e. The molecule has 5 nitrogen and oxygen atoms in total. The fraction of sp³-hybridized carbons (Fsp3) is 0.200. The Bertz CT molecular complexity index is 990. The third kappa shape index (κ3) is 7.15. The summed E-state index contributed by atoms with van der Waals surface area (Å²) in [5.74, 6) is 0.577. The van der Waals surface area contributed by atoms with Gasteiger partial charge in [-0.15, -0.1) is 0 Å². The summed E-state index contributed by atoms with van der Waals surface area (Å²) in [6.07, 6.45) is 1.09. The van der Waals surface area contributed by atoms with E-state index in [0.717, 1.165) is 11.3 Å². The van der Waals surface area contributed by atoms with Crippen molar-refractivity contribution in [2.45, 2.75) is 25.9 Å². The van der Waals surface area contributed by atoms with Crippen LogP contribution in [0.4, 0.5) is 11.4 Å². The van der Waals surface area contributed by atoms with E-state index >= 15 is 0 Å². The molecule has 0 heterocycles. The summed E-state index contributed by atoms with van der Waals surface area (Å²) in [7, 11) is 1.74. The van der Waals surface area contributed by atoms with E-state index in [2.05, 4.69) is 5.32 Å². The van der Waals surface area contributed by atoms with Gasteiger partial charge >= 0.3 is 0 Å². The molecule has 2 amide bonds. The van der Waals surface area contributed by atoms with Crippen LogP contribution < -0.4 is 15.0 Å². The van der Waals surface area contributed by atoms with Crippen molar-refractivity contribution in [1.29, 1.82) is 0 Å². The second-order valence-electron chi connectivity index (χ2n) is 7.13. The predicted molar refractivity (Wildman–Crippen MR) is 125 cm³/mol. The monoisotopic (exact) mass is 436 g/mol. The van der Waals surface area contributed by atoms with Crippen LogP contribution in [0.25, 0.3) is 0 Å². The Morgan fingerprint density at radius 3 is 2.26 bits per heavy atom. The normalized spacial score (nSPS) is 10.4. The number of benzene rings is 3. The minimum absolute atomic E-state index is 0.0128. The lowest BCUT2D eigenvalue weighted by molar-refractivity contribution is -0.118. The van der Waals surface area contributed by atoms with Crippen LogP contribution in [0.2, 0.25) is 5.02 Å². The lowest BCUT2D eigenvalue weighted by Gasteiger charge is -2.17. The summed E-state index contributed by atoms with van der Waals surface area (Å²) >= 11 is 5.88. The van der Waals surface area contributed by atoms with Crippen molar-refractivity contribution in [1.82, 2.24) is 0 Å². The molecule has 3 rings (SSSR count). The molecule has 6 heteroatoms.